The van der Waals surface area contributed by atoms with Gasteiger partial charge in [0.05, 0.1) is 6.04 Å². The van der Waals surface area contributed by atoms with Gasteiger partial charge in [-0.2, -0.15) is 0 Å². The van der Waals surface area contributed by atoms with Crippen LogP contribution >= 0.6 is 11.6 Å². The average molecular weight is 244 g/mol. The number of rotatable bonds is 3. The molecule has 0 heterocycles. The number of benzene rings is 1. The minimum absolute atomic E-state index is 0.211. The van der Waals surface area contributed by atoms with Crippen LogP contribution in [-0.4, -0.2) is 23.2 Å². The van der Waals surface area contributed by atoms with Crippen LogP contribution in [-0.2, 0) is 4.79 Å². The number of nitrogens with zero attached hydrogens (tertiary/aromatic N) is 1. The van der Waals surface area contributed by atoms with Crippen LogP contribution < -0.4 is 0 Å². The molecule has 88 valence electrons. The van der Waals surface area contributed by atoms with Crippen LogP contribution in [0.4, 0.5) is 4.39 Å². The van der Waals surface area contributed by atoms with Crippen molar-refractivity contribution in [1.82, 2.24) is 4.90 Å². The molecular weight excluding hydrogens is 229 g/mol. The summed E-state index contributed by atoms with van der Waals surface area (Å²) < 4.78 is 13.5. The Kier molecular flexibility index (Phi) is 4.30. The van der Waals surface area contributed by atoms with Crippen LogP contribution in [0.15, 0.2) is 24.3 Å². The highest BCUT2D eigenvalue weighted by Gasteiger charge is 2.22. The molecule has 1 aromatic carbocycles. The molecule has 2 nitrogen and oxygen atoms in total. The van der Waals surface area contributed by atoms with E-state index in [2.05, 4.69) is 0 Å². The quantitative estimate of drug-likeness (QED) is 0.748. The molecular formula is C12H15ClFNO. The van der Waals surface area contributed by atoms with Gasteiger partial charge in [0.2, 0.25) is 5.91 Å². The SMILES string of the molecule is CC(Cl)C(=O)N(C)C(C)c1ccccc1F. The molecule has 0 radical (unpaired) electrons. The van der Waals surface area contributed by atoms with E-state index in [1.807, 2.05) is 0 Å². The third kappa shape index (κ3) is 2.73. The fourth-order valence-corrected chi connectivity index (χ4v) is 1.65. The number of carbonyl (C=O) groups excluding carboxylic acids is 1. The highest BCUT2D eigenvalue weighted by atomic mass is 35.5. The Labute approximate surface area is 100 Å². The van der Waals surface area contributed by atoms with Crippen molar-refractivity contribution in [3.8, 4) is 0 Å². The number of amides is 1. The van der Waals surface area contributed by atoms with Crippen molar-refractivity contribution in [3.63, 3.8) is 0 Å². The Bertz CT molecular complexity index is 381. The Morgan fingerprint density at radius 1 is 1.38 bits per heavy atom. The first-order valence-electron chi connectivity index (χ1n) is 5.10. The topological polar surface area (TPSA) is 20.3 Å². The Morgan fingerprint density at radius 3 is 2.44 bits per heavy atom. The predicted octanol–water partition coefficient (Wildman–Crippen LogP) is 2.97. The zero-order valence-corrected chi connectivity index (χ0v) is 10.3. The van der Waals surface area contributed by atoms with Crippen molar-refractivity contribution >= 4 is 17.5 Å². The minimum atomic E-state index is -0.598. The van der Waals surface area contributed by atoms with Crippen LogP contribution in [0.1, 0.15) is 25.5 Å². The number of halogens is 2. The lowest BCUT2D eigenvalue weighted by Crippen LogP contribution is -2.34. The van der Waals surface area contributed by atoms with Crippen LogP contribution in [0.3, 0.4) is 0 Å². The molecule has 0 aliphatic carbocycles. The van der Waals surface area contributed by atoms with Gasteiger partial charge in [-0.05, 0) is 19.9 Å². The van der Waals surface area contributed by atoms with Crippen molar-refractivity contribution in [2.75, 3.05) is 7.05 Å². The van der Waals surface area contributed by atoms with Crippen molar-refractivity contribution in [2.45, 2.75) is 25.3 Å². The second-order valence-electron chi connectivity index (χ2n) is 3.76. The lowest BCUT2D eigenvalue weighted by atomic mass is 10.1. The number of carbonyl (C=O) groups is 1. The summed E-state index contributed by atoms with van der Waals surface area (Å²) in [4.78, 5) is 13.1. The molecule has 0 aromatic heterocycles. The third-order valence-corrected chi connectivity index (χ3v) is 2.81. The summed E-state index contributed by atoms with van der Waals surface area (Å²) in [7, 11) is 1.62. The van der Waals surface area contributed by atoms with Gasteiger partial charge >= 0.3 is 0 Å². The fraction of sp³-hybridized carbons (Fsp3) is 0.417. The maximum atomic E-state index is 13.5. The smallest absolute Gasteiger partial charge is 0.240 e. The molecule has 0 bridgehead atoms. The Balaban J connectivity index is 2.90. The highest BCUT2D eigenvalue weighted by Crippen LogP contribution is 2.22. The summed E-state index contributed by atoms with van der Waals surface area (Å²) in [6, 6.07) is 6.10. The summed E-state index contributed by atoms with van der Waals surface area (Å²) in [6.45, 7) is 3.38. The van der Waals surface area contributed by atoms with E-state index in [0.717, 1.165) is 0 Å². The lowest BCUT2D eigenvalue weighted by molar-refractivity contribution is -0.131. The van der Waals surface area contributed by atoms with Gasteiger partial charge in [-0.25, -0.2) is 4.39 Å². The fourth-order valence-electron chi connectivity index (χ4n) is 1.49. The maximum Gasteiger partial charge on any atom is 0.240 e. The van der Waals surface area contributed by atoms with Crippen LogP contribution in [0.2, 0.25) is 0 Å². The normalized spacial score (nSPS) is 14.3. The molecule has 1 rings (SSSR count). The van der Waals surface area contributed by atoms with Crippen molar-refractivity contribution in [3.05, 3.63) is 35.6 Å². The zero-order valence-electron chi connectivity index (χ0n) is 9.58. The highest BCUT2D eigenvalue weighted by molar-refractivity contribution is 6.30. The first-order chi connectivity index (χ1) is 7.45. The van der Waals surface area contributed by atoms with Gasteiger partial charge in [-0.3, -0.25) is 4.79 Å². The zero-order chi connectivity index (χ0) is 12.3. The van der Waals surface area contributed by atoms with E-state index in [0.29, 0.717) is 5.56 Å². The van der Waals surface area contributed by atoms with Crippen LogP contribution in [0, 0.1) is 5.82 Å². The van der Waals surface area contributed by atoms with Crippen molar-refractivity contribution < 1.29 is 9.18 Å². The van der Waals surface area contributed by atoms with E-state index in [9.17, 15) is 9.18 Å². The van der Waals surface area contributed by atoms with Gasteiger partial charge in [0.1, 0.15) is 11.2 Å². The third-order valence-electron chi connectivity index (χ3n) is 2.62. The second-order valence-corrected chi connectivity index (χ2v) is 4.42. The predicted molar refractivity (Wildman–Crippen MR) is 62.9 cm³/mol. The van der Waals surface area contributed by atoms with E-state index >= 15 is 0 Å². The Morgan fingerprint density at radius 2 is 1.94 bits per heavy atom. The van der Waals surface area contributed by atoms with E-state index in [-0.39, 0.29) is 17.8 Å². The molecule has 4 heteroatoms. The minimum Gasteiger partial charge on any atom is -0.338 e. The van der Waals surface area contributed by atoms with Crippen molar-refractivity contribution in [1.29, 1.82) is 0 Å². The van der Waals surface area contributed by atoms with E-state index in [4.69, 9.17) is 11.6 Å². The molecule has 1 amide bonds. The maximum absolute atomic E-state index is 13.5. The second kappa shape index (κ2) is 5.30. The first kappa shape index (κ1) is 13.0. The molecule has 2 atom stereocenters. The average Bonchev–Trinajstić information content (AvgIpc) is 2.26. The van der Waals surface area contributed by atoms with Gasteiger partial charge in [-0.15, -0.1) is 11.6 Å². The molecule has 1 aromatic rings. The summed E-state index contributed by atoms with van der Waals surface area (Å²) in [6.07, 6.45) is 0. The van der Waals surface area contributed by atoms with Gasteiger partial charge < -0.3 is 4.90 Å². The molecule has 0 aliphatic heterocycles. The largest absolute Gasteiger partial charge is 0.338 e. The van der Waals surface area contributed by atoms with E-state index in [1.165, 1.54) is 11.0 Å². The van der Waals surface area contributed by atoms with Gasteiger partial charge in [0.15, 0.2) is 0 Å². The molecule has 0 saturated heterocycles. The summed E-state index contributed by atoms with van der Waals surface area (Å²) in [5.74, 6) is -0.519. The monoisotopic (exact) mass is 243 g/mol. The summed E-state index contributed by atoms with van der Waals surface area (Å²) in [5, 5.41) is -0.598. The summed E-state index contributed by atoms with van der Waals surface area (Å²) in [5.41, 5.74) is 0.496. The molecule has 0 saturated carbocycles. The first-order valence-corrected chi connectivity index (χ1v) is 5.54. The molecule has 0 fully saturated rings. The molecule has 0 spiro atoms. The Hall–Kier alpha value is -1.09. The van der Waals surface area contributed by atoms with Gasteiger partial charge in [0, 0.05) is 12.6 Å². The molecule has 0 aliphatic rings. The lowest BCUT2D eigenvalue weighted by Gasteiger charge is -2.26. The standard InChI is InChI=1S/C12H15ClFNO/c1-8(13)12(16)15(3)9(2)10-6-4-5-7-11(10)14/h4-9H,1-3H3. The molecule has 0 N–H and O–H groups in total. The van der Waals surface area contributed by atoms with Crippen molar-refractivity contribution in [2.24, 2.45) is 0 Å². The summed E-state index contributed by atoms with van der Waals surface area (Å²) >= 11 is 5.71. The van der Waals surface area contributed by atoms with Gasteiger partial charge in [-0.1, -0.05) is 18.2 Å². The number of hydrogen-bond donors (Lipinski definition) is 0. The van der Waals surface area contributed by atoms with Gasteiger partial charge in [0.25, 0.3) is 0 Å². The number of alkyl halides is 1. The van der Waals surface area contributed by atoms with E-state index in [1.54, 1.807) is 39.1 Å². The number of hydrogen-bond acceptors (Lipinski definition) is 1. The van der Waals surface area contributed by atoms with Crippen LogP contribution in [0.25, 0.3) is 0 Å². The molecule has 2 unspecified atom stereocenters. The molecule has 16 heavy (non-hydrogen) atoms. The van der Waals surface area contributed by atoms with Crippen LogP contribution in [0.5, 0.6) is 0 Å². The van der Waals surface area contributed by atoms with E-state index < -0.39 is 5.38 Å².